The Bertz CT molecular complexity index is 870. The molecule has 0 N–H and O–H groups in total. The van der Waals surface area contributed by atoms with Gasteiger partial charge < -0.3 is 4.57 Å². The van der Waals surface area contributed by atoms with Crippen LogP contribution in [0.25, 0.3) is 10.9 Å². The van der Waals surface area contributed by atoms with E-state index in [1.807, 2.05) is 12.1 Å². The third-order valence-electron chi connectivity index (χ3n) is 3.40. The molecule has 0 saturated heterocycles. The molecular formula is C16H10ClF2NO. The number of para-hydroxylation sites is 1. The van der Waals surface area contributed by atoms with Gasteiger partial charge in [-0.05, 0) is 18.2 Å². The van der Waals surface area contributed by atoms with Crippen molar-refractivity contribution >= 4 is 28.3 Å². The summed E-state index contributed by atoms with van der Waals surface area (Å²) in [6, 6.07) is 8.91. The summed E-state index contributed by atoms with van der Waals surface area (Å²) in [5.74, 6) is -2.22. The van der Waals surface area contributed by atoms with E-state index in [0.29, 0.717) is 10.9 Å². The quantitative estimate of drug-likeness (QED) is 0.510. The highest BCUT2D eigenvalue weighted by molar-refractivity contribution is 6.31. The van der Waals surface area contributed by atoms with E-state index < -0.39 is 17.4 Å². The number of hydrogen-bond donors (Lipinski definition) is 0. The predicted molar refractivity (Wildman–Crippen MR) is 77.7 cm³/mol. The van der Waals surface area contributed by atoms with E-state index in [-0.39, 0.29) is 10.6 Å². The van der Waals surface area contributed by atoms with Crippen molar-refractivity contribution in [2.24, 2.45) is 7.05 Å². The third kappa shape index (κ3) is 2.21. The molecule has 3 aromatic rings. The fourth-order valence-electron chi connectivity index (χ4n) is 2.36. The smallest absolute Gasteiger partial charge is 0.198 e. The van der Waals surface area contributed by atoms with E-state index >= 15 is 0 Å². The molecule has 2 aromatic carbocycles. The van der Waals surface area contributed by atoms with Crippen LogP contribution >= 0.6 is 11.6 Å². The highest BCUT2D eigenvalue weighted by atomic mass is 35.5. The summed E-state index contributed by atoms with van der Waals surface area (Å²) in [5, 5.41) is 0.349. The Morgan fingerprint density at radius 1 is 1.10 bits per heavy atom. The van der Waals surface area contributed by atoms with Crippen molar-refractivity contribution in [2.45, 2.75) is 0 Å². The zero-order valence-electron chi connectivity index (χ0n) is 11.0. The van der Waals surface area contributed by atoms with Gasteiger partial charge in [-0.3, -0.25) is 4.79 Å². The van der Waals surface area contributed by atoms with Crippen molar-refractivity contribution in [3.8, 4) is 0 Å². The van der Waals surface area contributed by atoms with Crippen LogP contribution in [-0.2, 0) is 7.05 Å². The molecular weight excluding hydrogens is 296 g/mol. The number of carbonyl (C=O) groups is 1. The molecule has 0 atom stereocenters. The molecule has 0 amide bonds. The van der Waals surface area contributed by atoms with Crippen LogP contribution in [0.2, 0.25) is 5.02 Å². The first-order valence-corrected chi connectivity index (χ1v) is 6.60. The number of hydrogen-bond acceptors (Lipinski definition) is 1. The number of rotatable bonds is 2. The second-order valence-electron chi connectivity index (χ2n) is 4.75. The molecule has 0 aliphatic carbocycles. The Morgan fingerprint density at radius 3 is 2.57 bits per heavy atom. The lowest BCUT2D eigenvalue weighted by Crippen LogP contribution is -2.05. The standard InChI is InChI=1S/C16H10ClF2NO/c1-20-8-11(9-4-2-3-5-15(9)20)16(21)10-6-14(19)12(17)7-13(10)18/h2-8H,1H3. The fourth-order valence-corrected chi connectivity index (χ4v) is 2.51. The third-order valence-corrected chi connectivity index (χ3v) is 3.69. The molecule has 21 heavy (non-hydrogen) atoms. The summed E-state index contributed by atoms with van der Waals surface area (Å²) in [4.78, 5) is 12.5. The van der Waals surface area contributed by atoms with Crippen LogP contribution in [0.15, 0.2) is 42.6 Å². The SMILES string of the molecule is Cn1cc(C(=O)c2cc(F)c(Cl)cc2F)c2ccccc21. The highest BCUT2D eigenvalue weighted by Gasteiger charge is 2.20. The lowest BCUT2D eigenvalue weighted by Gasteiger charge is -2.03. The number of benzene rings is 2. The number of ketones is 1. The van der Waals surface area contributed by atoms with Crippen LogP contribution in [0.4, 0.5) is 8.78 Å². The van der Waals surface area contributed by atoms with Crippen LogP contribution in [-0.4, -0.2) is 10.4 Å². The van der Waals surface area contributed by atoms with E-state index in [2.05, 4.69) is 0 Å². The summed E-state index contributed by atoms with van der Waals surface area (Å²) in [6.07, 6.45) is 1.61. The second kappa shape index (κ2) is 4.97. The van der Waals surface area contributed by atoms with Crippen LogP contribution in [0, 0.1) is 11.6 Å². The molecule has 2 nitrogen and oxygen atoms in total. The van der Waals surface area contributed by atoms with Crippen molar-refractivity contribution in [3.05, 3.63) is 70.4 Å². The Morgan fingerprint density at radius 2 is 1.81 bits per heavy atom. The molecule has 0 bridgehead atoms. The van der Waals surface area contributed by atoms with Crippen molar-refractivity contribution < 1.29 is 13.6 Å². The maximum atomic E-state index is 13.9. The van der Waals surface area contributed by atoms with Crippen molar-refractivity contribution in [2.75, 3.05) is 0 Å². The van der Waals surface area contributed by atoms with Gasteiger partial charge in [0, 0.05) is 29.7 Å². The first kappa shape index (κ1) is 13.8. The van der Waals surface area contributed by atoms with Gasteiger partial charge in [-0.15, -0.1) is 0 Å². The summed E-state index contributed by atoms with van der Waals surface area (Å²) in [6.45, 7) is 0. The summed E-state index contributed by atoms with van der Waals surface area (Å²) >= 11 is 5.51. The molecule has 1 heterocycles. The monoisotopic (exact) mass is 305 g/mol. The second-order valence-corrected chi connectivity index (χ2v) is 5.15. The molecule has 5 heteroatoms. The first-order chi connectivity index (χ1) is 9.99. The van der Waals surface area contributed by atoms with E-state index in [9.17, 15) is 13.6 Å². The molecule has 0 aliphatic heterocycles. The van der Waals surface area contributed by atoms with Gasteiger partial charge in [0.1, 0.15) is 11.6 Å². The Hall–Kier alpha value is -2.20. The summed E-state index contributed by atoms with van der Waals surface area (Å²) in [5.41, 5.74) is 0.845. The number of halogens is 3. The van der Waals surface area contributed by atoms with Gasteiger partial charge in [-0.25, -0.2) is 8.78 Å². The van der Waals surface area contributed by atoms with Crippen molar-refractivity contribution in [1.82, 2.24) is 4.57 Å². The predicted octanol–water partition coefficient (Wildman–Crippen LogP) is 4.34. The normalized spacial score (nSPS) is 11.0. The molecule has 0 unspecified atom stereocenters. The molecule has 0 aliphatic rings. The van der Waals surface area contributed by atoms with E-state index in [1.54, 1.807) is 29.9 Å². The minimum atomic E-state index is -0.834. The zero-order valence-corrected chi connectivity index (χ0v) is 11.8. The maximum absolute atomic E-state index is 13.9. The van der Waals surface area contributed by atoms with Crippen LogP contribution in [0.1, 0.15) is 15.9 Å². The van der Waals surface area contributed by atoms with Gasteiger partial charge in [-0.2, -0.15) is 0 Å². The van der Waals surface area contributed by atoms with Crippen molar-refractivity contribution in [3.63, 3.8) is 0 Å². The fraction of sp³-hybridized carbons (Fsp3) is 0.0625. The minimum Gasteiger partial charge on any atom is -0.350 e. The van der Waals surface area contributed by atoms with E-state index in [0.717, 1.165) is 17.6 Å². The van der Waals surface area contributed by atoms with Crippen molar-refractivity contribution in [1.29, 1.82) is 0 Å². The lowest BCUT2D eigenvalue weighted by atomic mass is 10.0. The Balaban J connectivity index is 2.20. The van der Waals surface area contributed by atoms with Gasteiger partial charge in [-0.1, -0.05) is 29.8 Å². The zero-order chi connectivity index (χ0) is 15.1. The van der Waals surface area contributed by atoms with Gasteiger partial charge in [0.25, 0.3) is 0 Å². The molecule has 0 radical (unpaired) electrons. The molecule has 3 rings (SSSR count). The molecule has 0 saturated carbocycles. The van der Waals surface area contributed by atoms with Crippen LogP contribution in [0.5, 0.6) is 0 Å². The van der Waals surface area contributed by atoms with Crippen LogP contribution in [0.3, 0.4) is 0 Å². The number of fused-ring (bicyclic) bond motifs is 1. The minimum absolute atomic E-state index is 0.326. The molecule has 0 spiro atoms. The number of aryl methyl sites for hydroxylation is 1. The highest BCUT2D eigenvalue weighted by Crippen LogP contribution is 2.26. The lowest BCUT2D eigenvalue weighted by molar-refractivity contribution is 0.103. The van der Waals surface area contributed by atoms with Gasteiger partial charge in [0.05, 0.1) is 10.6 Å². The summed E-state index contributed by atoms with van der Waals surface area (Å²) in [7, 11) is 1.79. The van der Waals surface area contributed by atoms with Crippen LogP contribution < -0.4 is 0 Å². The van der Waals surface area contributed by atoms with E-state index in [4.69, 9.17) is 11.6 Å². The largest absolute Gasteiger partial charge is 0.350 e. The van der Waals surface area contributed by atoms with Gasteiger partial charge in [0.15, 0.2) is 5.78 Å². The Labute approximate surface area is 124 Å². The average Bonchev–Trinajstić information content (AvgIpc) is 2.80. The van der Waals surface area contributed by atoms with Gasteiger partial charge >= 0.3 is 0 Å². The number of carbonyl (C=O) groups excluding carboxylic acids is 1. The molecule has 106 valence electrons. The molecule has 1 aromatic heterocycles. The van der Waals surface area contributed by atoms with E-state index in [1.165, 1.54) is 0 Å². The number of aromatic nitrogens is 1. The average molecular weight is 306 g/mol. The first-order valence-electron chi connectivity index (χ1n) is 6.22. The molecule has 0 fully saturated rings. The summed E-state index contributed by atoms with van der Waals surface area (Å²) < 4.78 is 29.2. The van der Waals surface area contributed by atoms with Gasteiger partial charge in [0.2, 0.25) is 0 Å². The maximum Gasteiger partial charge on any atom is 0.198 e. The Kier molecular flexibility index (Phi) is 3.26. The number of nitrogens with zero attached hydrogens (tertiary/aromatic N) is 1. The topological polar surface area (TPSA) is 22.0 Å².